The number of aromatic nitrogens is 2. The van der Waals surface area contributed by atoms with E-state index in [0.29, 0.717) is 18.2 Å². The summed E-state index contributed by atoms with van der Waals surface area (Å²) in [5.41, 5.74) is 3.95. The number of nitrogens with one attached hydrogen (secondary N) is 2. The summed E-state index contributed by atoms with van der Waals surface area (Å²) in [7, 11) is 0. The molecule has 1 aromatic heterocycles. The first-order valence-corrected chi connectivity index (χ1v) is 9.17. The molecule has 0 unspecified atom stereocenters. The molecule has 1 heterocycles. The van der Waals surface area contributed by atoms with Crippen molar-refractivity contribution in [3.63, 3.8) is 0 Å². The van der Waals surface area contributed by atoms with Crippen molar-refractivity contribution >= 4 is 11.6 Å². The average molecular weight is 376 g/mol. The number of benzene rings is 2. The van der Waals surface area contributed by atoms with Crippen LogP contribution in [0, 0.1) is 13.8 Å². The molecule has 0 fully saturated rings. The standard InChI is InChI=1S/C22H24N4O2/c1-15-4-7-18(8-5-15)14-23-22(27)17(3)24-19-9-11-20(12-10-19)28-21-13-6-16(2)25-26-21/h4-13,17,24H,14H2,1-3H3,(H,23,27)/t17-/m0/s1. The van der Waals surface area contributed by atoms with Crippen LogP contribution < -0.4 is 15.4 Å². The van der Waals surface area contributed by atoms with Crippen molar-refractivity contribution in [3.8, 4) is 11.6 Å². The summed E-state index contributed by atoms with van der Waals surface area (Å²) >= 11 is 0. The second-order valence-corrected chi connectivity index (χ2v) is 6.71. The number of hydrogen-bond donors (Lipinski definition) is 2. The van der Waals surface area contributed by atoms with Crippen molar-refractivity contribution in [3.05, 3.63) is 77.5 Å². The third kappa shape index (κ3) is 5.54. The van der Waals surface area contributed by atoms with Gasteiger partial charge in [0.1, 0.15) is 11.8 Å². The smallest absolute Gasteiger partial charge is 0.242 e. The number of aryl methyl sites for hydroxylation is 2. The van der Waals surface area contributed by atoms with E-state index >= 15 is 0 Å². The Morgan fingerprint density at radius 1 is 0.964 bits per heavy atom. The van der Waals surface area contributed by atoms with E-state index in [1.165, 1.54) is 5.56 Å². The van der Waals surface area contributed by atoms with Gasteiger partial charge in [-0.3, -0.25) is 4.79 Å². The van der Waals surface area contributed by atoms with Crippen molar-refractivity contribution in [1.29, 1.82) is 0 Å². The Labute approximate surface area is 165 Å². The van der Waals surface area contributed by atoms with Crippen LogP contribution in [-0.2, 0) is 11.3 Å². The highest BCUT2D eigenvalue weighted by Gasteiger charge is 2.12. The highest BCUT2D eigenvalue weighted by atomic mass is 16.5. The lowest BCUT2D eigenvalue weighted by molar-refractivity contribution is -0.121. The summed E-state index contributed by atoms with van der Waals surface area (Å²) in [6.45, 7) is 6.25. The Bertz CT molecular complexity index is 907. The molecule has 0 spiro atoms. The normalized spacial score (nSPS) is 11.5. The number of nitrogens with zero attached hydrogens (tertiary/aromatic N) is 2. The molecule has 6 nitrogen and oxygen atoms in total. The number of carbonyl (C=O) groups excluding carboxylic acids is 1. The summed E-state index contributed by atoms with van der Waals surface area (Å²) in [5.74, 6) is 1.03. The van der Waals surface area contributed by atoms with Crippen LogP contribution in [0.2, 0.25) is 0 Å². The van der Waals surface area contributed by atoms with Crippen LogP contribution in [-0.4, -0.2) is 22.1 Å². The predicted octanol–water partition coefficient (Wildman–Crippen LogP) is 4.00. The molecular formula is C22H24N4O2. The third-order valence-corrected chi connectivity index (χ3v) is 4.21. The van der Waals surface area contributed by atoms with Crippen LogP contribution in [0.4, 0.5) is 5.69 Å². The Balaban J connectivity index is 1.50. The molecule has 1 amide bonds. The summed E-state index contributed by atoms with van der Waals surface area (Å²) < 4.78 is 5.66. The maximum Gasteiger partial charge on any atom is 0.242 e. The van der Waals surface area contributed by atoms with Gasteiger partial charge in [0.2, 0.25) is 11.8 Å². The summed E-state index contributed by atoms with van der Waals surface area (Å²) in [5, 5.41) is 14.1. The van der Waals surface area contributed by atoms with Gasteiger partial charge in [0.15, 0.2) is 0 Å². The van der Waals surface area contributed by atoms with Gasteiger partial charge >= 0.3 is 0 Å². The van der Waals surface area contributed by atoms with E-state index in [1.54, 1.807) is 6.07 Å². The molecule has 144 valence electrons. The molecule has 0 saturated carbocycles. The molecule has 0 aliphatic carbocycles. The fraction of sp³-hybridized carbons (Fsp3) is 0.227. The molecule has 2 aromatic carbocycles. The quantitative estimate of drug-likeness (QED) is 0.652. The van der Waals surface area contributed by atoms with E-state index in [-0.39, 0.29) is 11.9 Å². The fourth-order valence-corrected chi connectivity index (χ4v) is 2.54. The summed E-state index contributed by atoms with van der Waals surface area (Å²) in [6.07, 6.45) is 0. The van der Waals surface area contributed by atoms with Gasteiger partial charge in [-0.05, 0) is 56.7 Å². The molecule has 2 N–H and O–H groups in total. The number of ether oxygens (including phenoxy) is 1. The SMILES string of the molecule is Cc1ccc(CNC(=O)[C@H](C)Nc2ccc(Oc3ccc(C)nn3)cc2)cc1. The maximum absolute atomic E-state index is 12.3. The second kappa shape index (κ2) is 8.99. The topological polar surface area (TPSA) is 76.1 Å². The molecule has 0 aliphatic heterocycles. The van der Waals surface area contributed by atoms with E-state index in [1.807, 2.05) is 75.4 Å². The van der Waals surface area contributed by atoms with Gasteiger partial charge in [-0.25, -0.2) is 0 Å². The first kappa shape index (κ1) is 19.4. The zero-order chi connectivity index (χ0) is 19.9. The van der Waals surface area contributed by atoms with Crippen LogP contribution >= 0.6 is 0 Å². The second-order valence-electron chi connectivity index (χ2n) is 6.71. The van der Waals surface area contributed by atoms with Gasteiger partial charge in [0.05, 0.1) is 5.69 Å². The number of rotatable bonds is 7. The van der Waals surface area contributed by atoms with Crippen LogP contribution in [0.15, 0.2) is 60.7 Å². The molecule has 0 radical (unpaired) electrons. The van der Waals surface area contributed by atoms with Crippen LogP contribution in [0.3, 0.4) is 0 Å². The van der Waals surface area contributed by atoms with Gasteiger partial charge in [-0.1, -0.05) is 29.8 Å². The minimum atomic E-state index is -0.361. The zero-order valence-electron chi connectivity index (χ0n) is 16.3. The number of hydrogen-bond acceptors (Lipinski definition) is 5. The first-order chi connectivity index (χ1) is 13.5. The summed E-state index contributed by atoms with van der Waals surface area (Å²) in [6, 6.07) is 18.7. The minimum Gasteiger partial charge on any atom is -0.438 e. The Morgan fingerprint density at radius 2 is 1.68 bits per heavy atom. The Hall–Kier alpha value is -3.41. The van der Waals surface area contributed by atoms with Gasteiger partial charge in [0.25, 0.3) is 0 Å². The molecule has 0 aliphatic rings. The van der Waals surface area contributed by atoms with Crippen LogP contribution in [0.5, 0.6) is 11.6 Å². The van der Waals surface area contributed by atoms with E-state index in [2.05, 4.69) is 20.8 Å². The number of anilines is 1. The van der Waals surface area contributed by atoms with E-state index in [4.69, 9.17) is 4.74 Å². The largest absolute Gasteiger partial charge is 0.438 e. The molecule has 3 rings (SSSR count). The third-order valence-electron chi connectivity index (χ3n) is 4.21. The van der Waals surface area contributed by atoms with Crippen LogP contribution in [0.1, 0.15) is 23.7 Å². The van der Waals surface area contributed by atoms with Crippen LogP contribution in [0.25, 0.3) is 0 Å². The van der Waals surface area contributed by atoms with E-state index in [9.17, 15) is 4.79 Å². The monoisotopic (exact) mass is 376 g/mol. The molecule has 1 atom stereocenters. The molecular weight excluding hydrogens is 352 g/mol. The number of carbonyl (C=O) groups is 1. The maximum atomic E-state index is 12.3. The first-order valence-electron chi connectivity index (χ1n) is 9.17. The lowest BCUT2D eigenvalue weighted by Gasteiger charge is -2.16. The van der Waals surface area contributed by atoms with E-state index in [0.717, 1.165) is 16.9 Å². The molecule has 0 saturated heterocycles. The fourth-order valence-electron chi connectivity index (χ4n) is 2.54. The lowest BCUT2D eigenvalue weighted by Crippen LogP contribution is -2.37. The zero-order valence-corrected chi connectivity index (χ0v) is 16.3. The molecule has 3 aromatic rings. The van der Waals surface area contributed by atoms with Crippen molar-refractivity contribution in [2.24, 2.45) is 0 Å². The average Bonchev–Trinajstić information content (AvgIpc) is 2.70. The van der Waals surface area contributed by atoms with Gasteiger partial charge < -0.3 is 15.4 Å². The van der Waals surface area contributed by atoms with Crippen molar-refractivity contribution in [1.82, 2.24) is 15.5 Å². The lowest BCUT2D eigenvalue weighted by atomic mass is 10.1. The van der Waals surface area contributed by atoms with Gasteiger partial charge in [-0.2, -0.15) is 5.10 Å². The highest BCUT2D eigenvalue weighted by Crippen LogP contribution is 2.21. The number of amides is 1. The molecule has 0 bridgehead atoms. The van der Waals surface area contributed by atoms with Gasteiger partial charge in [-0.15, -0.1) is 5.10 Å². The van der Waals surface area contributed by atoms with Crippen molar-refractivity contribution in [2.75, 3.05) is 5.32 Å². The molecule has 6 heteroatoms. The minimum absolute atomic E-state index is 0.0594. The predicted molar refractivity (Wildman–Crippen MR) is 109 cm³/mol. The molecule has 28 heavy (non-hydrogen) atoms. The Morgan fingerprint density at radius 3 is 2.32 bits per heavy atom. The van der Waals surface area contributed by atoms with E-state index < -0.39 is 0 Å². The summed E-state index contributed by atoms with van der Waals surface area (Å²) in [4.78, 5) is 12.3. The van der Waals surface area contributed by atoms with Gasteiger partial charge in [0, 0.05) is 18.3 Å². The Kier molecular flexibility index (Phi) is 6.22. The van der Waals surface area contributed by atoms with Crippen molar-refractivity contribution in [2.45, 2.75) is 33.4 Å². The van der Waals surface area contributed by atoms with Crippen molar-refractivity contribution < 1.29 is 9.53 Å². The highest BCUT2D eigenvalue weighted by molar-refractivity contribution is 5.84.